The first-order valence-corrected chi connectivity index (χ1v) is 6.79. The third-order valence-corrected chi connectivity index (χ3v) is 4.13. The van der Waals surface area contributed by atoms with E-state index in [1.165, 1.54) is 23.0 Å². The van der Waals surface area contributed by atoms with Crippen LogP contribution in [0.1, 0.15) is 5.56 Å². The molecule has 18 heavy (non-hydrogen) atoms. The van der Waals surface area contributed by atoms with E-state index < -0.39 is 15.7 Å². The molecule has 0 radical (unpaired) electrons. The minimum Gasteiger partial charge on any atom is -0.396 e. The van der Waals surface area contributed by atoms with Crippen LogP contribution in [0.2, 0.25) is 0 Å². The molecule has 2 rings (SSSR count). The Morgan fingerprint density at radius 3 is 2.72 bits per heavy atom. The van der Waals surface area contributed by atoms with Crippen LogP contribution in [-0.2, 0) is 22.6 Å². The average Bonchev–Trinajstić information content (AvgIpc) is 2.67. The summed E-state index contributed by atoms with van der Waals surface area (Å²) in [5, 5.41) is 3.88. The standard InChI is InChI=1S/C11H12FN3O2S/c1-15-6-8(5-14-15)7-18(16,17)9-2-3-11(13)10(12)4-9/h2-6H,7,13H2,1H3. The molecule has 0 amide bonds. The van der Waals surface area contributed by atoms with Crippen molar-refractivity contribution in [3.05, 3.63) is 42.0 Å². The molecular weight excluding hydrogens is 257 g/mol. The lowest BCUT2D eigenvalue weighted by atomic mass is 10.3. The fraction of sp³-hybridized carbons (Fsp3) is 0.182. The zero-order valence-corrected chi connectivity index (χ0v) is 10.5. The Kier molecular flexibility index (Phi) is 3.08. The van der Waals surface area contributed by atoms with E-state index in [4.69, 9.17) is 5.73 Å². The number of nitrogen functional groups attached to an aromatic ring is 1. The molecule has 7 heteroatoms. The van der Waals surface area contributed by atoms with Crippen molar-refractivity contribution in [2.45, 2.75) is 10.6 Å². The van der Waals surface area contributed by atoms with Gasteiger partial charge in [0.2, 0.25) is 0 Å². The summed E-state index contributed by atoms with van der Waals surface area (Å²) >= 11 is 0. The minimum absolute atomic E-state index is 0.0738. The fourth-order valence-corrected chi connectivity index (χ4v) is 2.86. The summed E-state index contributed by atoms with van der Waals surface area (Å²) in [5.74, 6) is -0.952. The number of aryl methyl sites for hydroxylation is 1. The molecule has 0 saturated carbocycles. The highest BCUT2D eigenvalue weighted by molar-refractivity contribution is 7.90. The zero-order valence-electron chi connectivity index (χ0n) is 9.67. The van der Waals surface area contributed by atoms with Crippen molar-refractivity contribution in [2.75, 3.05) is 5.73 Å². The second-order valence-electron chi connectivity index (χ2n) is 3.96. The number of aromatic nitrogens is 2. The topological polar surface area (TPSA) is 78.0 Å². The molecule has 0 aliphatic rings. The van der Waals surface area contributed by atoms with E-state index in [9.17, 15) is 12.8 Å². The summed E-state index contributed by atoms with van der Waals surface area (Å²) in [6, 6.07) is 3.47. The normalized spacial score (nSPS) is 11.7. The second-order valence-corrected chi connectivity index (χ2v) is 5.95. The lowest BCUT2D eigenvalue weighted by Crippen LogP contribution is -2.05. The summed E-state index contributed by atoms with van der Waals surface area (Å²) < 4.78 is 38.8. The molecule has 0 fully saturated rings. The van der Waals surface area contributed by atoms with Gasteiger partial charge in [-0.1, -0.05) is 0 Å². The van der Waals surface area contributed by atoms with Gasteiger partial charge in [0.05, 0.1) is 22.5 Å². The third-order valence-electron chi connectivity index (χ3n) is 2.45. The van der Waals surface area contributed by atoms with Gasteiger partial charge < -0.3 is 5.73 Å². The summed E-state index contributed by atoms with van der Waals surface area (Å²) in [6.45, 7) is 0. The van der Waals surface area contributed by atoms with E-state index in [1.807, 2.05) is 0 Å². The average molecular weight is 269 g/mol. The number of hydrogen-bond donors (Lipinski definition) is 1. The maximum Gasteiger partial charge on any atom is 0.182 e. The summed E-state index contributed by atoms with van der Waals surface area (Å²) in [4.78, 5) is -0.0851. The van der Waals surface area contributed by atoms with Gasteiger partial charge >= 0.3 is 0 Å². The number of hydrogen-bond acceptors (Lipinski definition) is 4. The van der Waals surface area contributed by atoms with Crippen LogP contribution in [0.5, 0.6) is 0 Å². The number of nitrogens with zero attached hydrogens (tertiary/aromatic N) is 2. The number of rotatable bonds is 3. The van der Waals surface area contributed by atoms with Crippen molar-refractivity contribution < 1.29 is 12.8 Å². The first-order chi connectivity index (χ1) is 8.38. The van der Waals surface area contributed by atoms with E-state index >= 15 is 0 Å². The van der Waals surface area contributed by atoms with Crippen LogP contribution in [-0.4, -0.2) is 18.2 Å². The van der Waals surface area contributed by atoms with Gasteiger partial charge in [0, 0.05) is 18.8 Å². The second kappa shape index (κ2) is 4.41. The van der Waals surface area contributed by atoms with Crippen LogP contribution < -0.4 is 5.73 Å². The van der Waals surface area contributed by atoms with Crippen molar-refractivity contribution in [2.24, 2.45) is 7.05 Å². The highest BCUT2D eigenvalue weighted by Gasteiger charge is 2.17. The predicted octanol–water partition coefficient (Wildman–Crippen LogP) is 1.12. The lowest BCUT2D eigenvalue weighted by molar-refractivity contribution is 0.591. The Hall–Kier alpha value is -1.89. The molecule has 0 bridgehead atoms. The minimum atomic E-state index is -3.59. The molecule has 0 aliphatic heterocycles. The number of halogens is 1. The van der Waals surface area contributed by atoms with Crippen molar-refractivity contribution in [3.63, 3.8) is 0 Å². The maximum atomic E-state index is 13.2. The zero-order chi connectivity index (χ0) is 13.3. The number of benzene rings is 1. The van der Waals surface area contributed by atoms with Crippen LogP contribution in [0.25, 0.3) is 0 Å². The van der Waals surface area contributed by atoms with Gasteiger partial charge in [0.1, 0.15) is 5.82 Å². The molecule has 1 heterocycles. The quantitative estimate of drug-likeness (QED) is 0.847. The maximum absolute atomic E-state index is 13.2. The Balaban J connectivity index is 2.33. The summed E-state index contributed by atoms with van der Waals surface area (Å²) in [7, 11) is -1.89. The molecule has 2 aromatic rings. The largest absolute Gasteiger partial charge is 0.396 e. The molecule has 5 nitrogen and oxygen atoms in total. The van der Waals surface area contributed by atoms with Crippen molar-refractivity contribution in [1.82, 2.24) is 9.78 Å². The van der Waals surface area contributed by atoms with Gasteiger partial charge in [-0.3, -0.25) is 4.68 Å². The van der Waals surface area contributed by atoms with Crippen molar-refractivity contribution in [1.29, 1.82) is 0 Å². The molecular formula is C11H12FN3O2S. The van der Waals surface area contributed by atoms with Crippen LogP contribution >= 0.6 is 0 Å². The predicted molar refractivity (Wildman–Crippen MR) is 64.9 cm³/mol. The molecule has 0 aliphatic carbocycles. The van der Waals surface area contributed by atoms with E-state index in [0.717, 1.165) is 6.07 Å². The molecule has 1 aromatic carbocycles. The summed E-state index contributed by atoms with van der Waals surface area (Å²) in [5.41, 5.74) is 5.78. The number of nitrogens with two attached hydrogens (primary N) is 1. The molecule has 0 atom stereocenters. The van der Waals surface area contributed by atoms with Gasteiger partial charge in [-0.15, -0.1) is 0 Å². The fourth-order valence-electron chi connectivity index (χ4n) is 1.55. The molecule has 0 spiro atoms. The van der Waals surface area contributed by atoms with E-state index in [1.54, 1.807) is 13.2 Å². The first kappa shape index (κ1) is 12.6. The lowest BCUT2D eigenvalue weighted by Gasteiger charge is -2.04. The third kappa shape index (κ3) is 2.51. The highest BCUT2D eigenvalue weighted by atomic mass is 32.2. The van der Waals surface area contributed by atoms with E-state index in [2.05, 4.69) is 5.10 Å². The monoisotopic (exact) mass is 269 g/mol. The number of sulfone groups is 1. The van der Waals surface area contributed by atoms with Crippen LogP contribution in [0.15, 0.2) is 35.5 Å². The Morgan fingerprint density at radius 1 is 1.44 bits per heavy atom. The van der Waals surface area contributed by atoms with E-state index in [0.29, 0.717) is 5.56 Å². The van der Waals surface area contributed by atoms with Gasteiger partial charge in [-0.05, 0) is 18.2 Å². The molecule has 0 saturated heterocycles. The van der Waals surface area contributed by atoms with Gasteiger partial charge in [0.25, 0.3) is 0 Å². The van der Waals surface area contributed by atoms with Crippen LogP contribution in [0, 0.1) is 5.82 Å². The molecule has 2 N–H and O–H groups in total. The van der Waals surface area contributed by atoms with Crippen LogP contribution in [0.3, 0.4) is 0 Å². The molecule has 1 aromatic heterocycles. The van der Waals surface area contributed by atoms with Crippen LogP contribution in [0.4, 0.5) is 10.1 Å². The molecule has 96 valence electrons. The van der Waals surface area contributed by atoms with Gasteiger partial charge in [-0.2, -0.15) is 5.10 Å². The SMILES string of the molecule is Cn1cc(CS(=O)(=O)c2ccc(N)c(F)c2)cn1. The highest BCUT2D eigenvalue weighted by Crippen LogP contribution is 2.20. The van der Waals surface area contributed by atoms with Crippen molar-refractivity contribution in [3.8, 4) is 0 Å². The summed E-state index contributed by atoms with van der Waals surface area (Å²) in [6.07, 6.45) is 3.07. The number of anilines is 1. The Labute approximate surface area is 104 Å². The first-order valence-electron chi connectivity index (χ1n) is 5.14. The Bertz CT molecular complexity index is 679. The Morgan fingerprint density at radius 2 is 2.17 bits per heavy atom. The van der Waals surface area contributed by atoms with Crippen molar-refractivity contribution >= 4 is 15.5 Å². The van der Waals surface area contributed by atoms with Gasteiger partial charge in [0.15, 0.2) is 9.84 Å². The van der Waals surface area contributed by atoms with Gasteiger partial charge in [-0.25, -0.2) is 12.8 Å². The molecule has 0 unspecified atom stereocenters. The van der Waals surface area contributed by atoms with E-state index in [-0.39, 0.29) is 16.3 Å². The smallest absolute Gasteiger partial charge is 0.182 e.